The van der Waals surface area contributed by atoms with E-state index < -0.39 is 0 Å². The van der Waals surface area contributed by atoms with Crippen molar-refractivity contribution in [2.24, 2.45) is 0 Å². The number of nitrogens with zero attached hydrogens (tertiary/aromatic N) is 2. The molecule has 0 aliphatic rings. The maximum atomic E-state index is 5.53. The molecule has 16 heavy (non-hydrogen) atoms. The fraction of sp³-hybridized carbons (Fsp3) is 0.0909. The van der Waals surface area contributed by atoms with E-state index in [1.807, 2.05) is 12.1 Å². The Morgan fingerprint density at radius 2 is 2.12 bits per heavy atom. The predicted octanol–water partition coefficient (Wildman–Crippen LogP) is 3.04. The Balaban J connectivity index is 2.22. The molecule has 2 aromatic rings. The molecule has 82 valence electrons. The fourth-order valence-electron chi connectivity index (χ4n) is 1.15. The summed E-state index contributed by atoms with van der Waals surface area (Å²) in [6, 6.07) is 8.95. The molecule has 0 atom stereocenters. The molecule has 0 aliphatic heterocycles. The van der Waals surface area contributed by atoms with Crippen molar-refractivity contribution < 1.29 is 9.47 Å². The van der Waals surface area contributed by atoms with E-state index in [0.717, 1.165) is 10.2 Å². The second kappa shape index (κ2) is 4.94. The first-order chi connectivity index (χ1) is 7.79. The van der Waals surface area contributed by atoms with Gasteiger partial charge in [-0.2, -0.15) is 5.10 Å². The Kier molecular flexibility index (Phi) is 3.36. The van der Waals surface area contributed by atoms with Gasteiger partial charge in [0.15, 0.2) is 0 Å². The molecule has 1 aromatic carbocycles. The van der Waals surface area contributed by atoms with Crippen molar-refractivity contribution >= 4 is 15.9 Å². The molecule has 0 spiro atoms. The van der Waals surface area contributed by atoms with Gasteiger partial charge in [-0.15, -0.1) is 5.10 Å². The zero-order chi connectivity index (χ0) is 11.4. The van der Waals surface area contributed by atoms with Crippen LogP contribution in [0.2, 0.25) is 0 Å². The molecule has 0 fully saturated rings. The van der Waals surface area contributed by atoms with Crippen LogP contribution in [0.4, 0.5) is 0 Å². The summed E-state index contributed by atoms with van der Waals surface area (Å²) in [4.78, 5) is 0. The third-order valence-electron chi connectivity index (χ3n) is 1.90. The molecular formula is C11H9BrN2O2. The SMILES string of the molecule is COc1ccc(Oc2cccnn2)c(Br)c1. The van der Waals surface area contributed by atoms with Crippen LogP contribution >= 0.6 is 15.9 Å². The predicted molar refractivity (Wildman–Crippen MR) is 62.8 cm³/mol. The van der Waals surface area contributed by atoms with E-state index in [-0.39, 0.29) is 0 Å². The molecule has 0 saturated carbocycles. The van der Waals surface area contributed by atoms with Crippen LogP contribution in [-0.4, -0.2) is 17.3 Å². The summed E-state index contributed by atoms with van der Waals surface area (Å²) in [5.74, 6) is 1.88. The number of rotatable bonds is 3. The van der Waals surface area contributed by atoms with Gasteiger partial charge in [0, 0.05) is 12.3 Å². The van der Waals surface area contributed by atoms with Gasteiger partial charge >= 0.3 is 0 Å². The summed E-state index contributed by atoms with van der Waals surface area (Å²) < 4.78 is 11.4. The van der Waals surface area contributed by atoms with E-state index in [4.69, 9.17) is 9.47 Å². The van der Waals surface area contributed by atoms with Crippen LogP contribution in [0.25, 0.3) is 0 Å². The minimum atomic E-state index is 0.452. The van der Waals surface area contributed by atoms with Gasteiger partial charge in [0.1, 0.15) is 11.5 Å². The van der Waals surface area contributed by atoms with Gasteiger partial charge in [0.05, 0.1) is 11.6 Å². The Morgan fingerprint density at radius 3 is 2.75 bits per heavy atom. The third kappa shape index (κ3) is 2.49. The number of methoxy groups -OCH3 is 1. The highest BCUT2D eigenvalue weighted by atomic mass is 79.9. The Bertz CT molecular complexity index is 477. The van der Waals surface area contributed by atoms with Gasteiger partial charge in [-0.3, -0.25) is 0 Å². The van der Waals surface area contributed by atoms with Crippen molar-refractivity contribution in [3.63, 3.8) is 0 Å². The van der Waals surface area contributed by atoms with Crippen molar-refractivity contribution in [3.05, 3.63) is 41.0 Å². The molecule has 2 rings (SSSR count). The molecule has 0 bridgehead atoms. The van der Waals surface area contributed by atoms with Crippen LogP contribution in [0.15, 0.2) is 41.0 Å². The zero-order valence-corrected chi connectivity index (χ0v) is 10.1. The molecule has 0 radical (unpaired) electrons. The van der Waals surface area contributed by atoms with Gasteiger partial charge in [-0.05, 0) is 40.2 Å². The second-order valence-electron chi connectivity index (χ2n) is 2.96. The van der Waals surface area contributed by atoms with Crippen LogP contribution < -0.4 is 9.47 Å². The average molecular weight is 281 g/mol. The smallest absolute Gasteiger partial charge is 0.238 e. The highest BCUT2D eigenvalue weighted by molar-refractivity contribution is 9.10. The van der Waals surface area contributed by atoms with Crippen LogP contribution in [0, 0.1) is 0 Å². The van der Waals surface area contributed by atoms with Crippen LogP contribution in [0.5, 0.6) is 17.4 Å². The second-order valence-corrected chi connectivity index (χ2v) is 3.81. The van der Waals surface area contributed by atoms with Crippen molar-refractivity contribution in [2.45, 2.75) is 0 Å². The lowest BCUT2D eigenvalue weighted by atomic mass is 10.3. The minimum Gasteiger partial charge on any atom is -0.497 e. The van der Waals surface area contributed by atoms with Gasteiger partial charge < -0.3 is 9.47 Å². The number of benzene rings is 1. The quantitative estimate of drug-likeness (QED) is 0.867. The van der Waals surface area contributed by atoms with E-state index in [0.29, 0.717) is 11.6 Å². The zero-order valence-electron chi connectivity index (χ0n) is 8.55. The van der Waals surface area contributed by atoms with Crippen molar-refractivity contribution in [1.29, 1.82) is 0 Å². The van der Waals surface area contributed by atoms with Crippen molar-refractivity contribution in [1.82, 2.24) is 10.2 Å². The normalized spacial score (nSPS) is 9.88. The standard InChI is InChI=1S/C11H9BrN2O2/c1-15-8-4-5-10(9(12)7-8)16-11-3-2-6-13-14-11/h2-7H,1H3. The molecule has 0 N–H and O–H groups in total. The molecule has 0 unspecified atom stereocenters. The van der Waals surface area contributed by atoms with Crippen molar-refractivity contribution in [2.75, 3.05) is 7.11 Å². The summed E-state index contributed by atoms with van der Waals surface area (Å²) >= 11 is 3.39. The molecule has 5 heteroatoms. The number of hydrogen-bond donors (Lipinski definition) is 0. The van der Waals surface area contributed by atoms with E-state index in [1.54, 1.807) is 31.5 Å². The van der Waals surface area contributed by atoms with E-state index >= 15 is 0 Å². The maximum Gasteiger partial charge on any atom is 0.238 e. The average Bonchev–Trinajstić information content (AvgIpc) is 2.33. The molecule has 1 heterocycles. The Labute approximate surface area is 101 Å². The molecule has 0 saturated heterocycles. The van der Waals surface area contributed by atoms with E-state index in [9.17, 15) is 0 Å². The summed E-state index contributed by atoms with van der Waals surface area (Å²) in [7, 11) is 1.62. The Hall–Kier alpha value is -1.62. The molecule has 4 nitrogen and oxygen atoms in total. The lowest BCUT2D eigenvalue weighted by molar-refractivity contribution is 0.411. The van der Waals surface area contributed by atoms with Crippen LogP contribution in [0.3, 0.4) is 0 Å². The summed E-state index contributed by atoms with van der Waals surface area (Å²) in [5.41, 5.74) is 0. The topological polar surface area (TPSA) is 44.2 Å². The van der Waals surface area contributed by atoms with Gasteiger partial charge in [0.2, 0.25) is 5.88 Å². The van der Waals surface area contributed by atoms with Gasteiger partial charge in [-0.25, -0.2) is 0 Å². The maximum absolute atomic E-state index is 5.53. The lowest BCUT2D eigenvalue weighted by Crippen LogP contribution is -1.90. The number of ether oxygens (including phenoxy) is 2. The van der Waals surface area contributed by atoms with Gasteiger partial charge in [0.25, 0.3) is 0 Å². The number of halogens is 1. The summed E-state index contributed by atoms with van der Waals surface area (Å²) in [6.45, 7) is 0. The Morgan fingerprint density at radius 1 is 1.25 bits per heavy atom. The molecule has 0 aliphatic carbocycles. The van der Waals surface area contributed by atoms with E-state index in [1.165, 1.54) is 0 Å². The molecule has 0 amide bonds. The first-order valence-corrected chi connectivity index (χ1v) is 5.38. The van der Waals surface area contributed by atoms with E-state index in [2.05, 4.69) is 26.1 Å². The fourth-order valence-corrected chi connectivity index (χ4v) is 1.58. The molecule has 1 aromatic heterocycles. The van der Waals surface area contributed by atoms with Crippen LogP contribution in [0.1, 0.15) is 0 Å². The number of hydrogen-bond acceptors (Lipinski definition) is 4. The first kappa shape index (κ1) is 10.9. The summed E-state index contributed by atoms with van der Waals surface area (Å²) in [5, 5.41) is 7.56. The lowest BCUT2D eigenvalue weighted by Gasteiger charge is -2.07. The monoisotopic (exact) mass is 280 g/mol. The molecular weight excluding hydrogens is 272 g/mol. The van der Waals surface area contributed by atoms with Crippen LogP contribution in [-0.2, 0) is 0 Å². The highest BCUT2D eigenvalue weighted by Crippen LogP contribution is 2.31. The third-order valence-corrected chi connectivity index (χ3v) is 2.52. The summed E-state index contributed by atoms with van der Waals surface area (Å²) in [6.07, 6.45) is 1.59. The minimum absolute atomic E-state index is 0.452. The number of aromatic nitrogens is 2. The first-order valence-electron chi connectivity index (χ1n) is 4.58. The largest absolute Gasteiger partial charge is 0.497 e. The highest BCUT2D eigenvalue weighted by Gasteiger charge is 2.04. The van der Waals surface area contributed by atoms with Crippen molar-refractivity contribution in [3.8, 4) is 17.4 Å². The van der Waals surface area contributed by atoms with Gasteiger partial charge in [-0.1, -0.05) is 0 Å².